The molecule has 1 atom stereocenters. The molecule has 1 spiro atoms. The highest BCUT2D eigenvalue weighted by Crippen LogP contribution is 2.53. The van der Waals surface area contributed by atoms with Gasteiger partial charge in [0.15, 0.2) is 0 Å². The molecule has 3 amide bonds. The van der Waals surface area contributed by atoms with Gasteiger partial charge in [0, 0.05) is 54.6 Å². The molecule has 7 rings (SSSR count). The lowest BCUT2D eigenvalue weighted by atomic mass is 9.81. The maximum absolute atomic E-state index is 14.7. The number of rotatable bonds is 9. The first kappa shape index (κ1) is 38.2. The fraction of sp³-hybridized carbons (Fsp3) is 0.595. The molecule has 3 heterocycles. The largest absolute Gasteiger partial charge is 0.497 e. The third-order valence-electron chi connectivity index (χ3n) is 12.2. The molecule has 11 nitrogen and oxygen atoms in total. The smallest absolute Gasteiger partial charge is 0.410 e. The fourth-order valence-corrected chi connectivity index (χ4v) is 9.55. The molecule has 0 bridgehead atoms. The molecule has 4 aliphatic rings. The number of sulfonamides is 1. The maximum atomic E-state index is 14.7. The Bertz CT molecular complexity index is 2040. The van der Waals surface area contributed by atoms with Crippen molar-refractivity contribution in [2.75, 3.05) is 33.3 Å². The van der Waals surface area contributed by atoms with Crippen LogP contribution in [0.25, 0.3) is 22.2 Å². The molecule has 12 heteroatoms. The number of fused-ring (bicyclic) bond motifs is 1. The predicted molar refractivity (Wildman–Crippen MR) is 209 cm³/mol. The molecule has 54 heavy (non-hydrogen) atoms. The van der Waals surface area contributed by atoms with Gasteiger partial charge in [-0.05, 0) is 127 Å². The van der Waals surface area contributed by atoms with Crippen LogP contribution in [0.5, 0.6) is 5.75 Å². The van der Waals surface area contributed by atoms with E-state index in [0.717, 1.165) is 79.3 Å². The van der Waals surface area contributed by atoms with Crippen molar-refractivity contribution >= 4 is 38.8 Å². The van der Waals surface area contributed by atoms with E-state index in [-0.39, 0.29) is 23.0 Å². The number of ether oxygens (including phenoxy) is 2. The van der Waals surface area contributed by atoms with Gasteiger partial charge in [-0.15, -0.1) is 0 Å². The summed E-state index contributed by atoms with van der Waals surface area (Å²) in [5.74, 6) is 0.536. The molecule has 2 aliphatic heterocycles. The minimum absolute atomic E-state index is 0.135. The summed E-state index contributed by atoms with van der Waals surface area (Å²) in [6, 6.07) is 13.6. The standard InChI is InChI=1S/C42H56N4O7S/c1-28(2)54(50,51)43-37(47)31-14-17-33-34(24-31)46(36(30-12-15-32(52-6)16-13-30)35(33)29-10-8-7-9-11-29)27-42(18-19-42)38(48)44-22-20-41(25-44)21-23-45(26-41)39(49)53-40(3,4)5/h12-17,24,28-29H,7-11,18-23,25-27H2,1-6H3,(H,43,47). The molecular formula is C42H56N4O7S. The van der Waals surface area contributed by atoms with Crippen LogP contribution in [0.3, 0.4) is 0 Å². The Balaban J connectivity index is 1.26. The molecule has 1 unspecified atom stereocenters. The number of benzene rings is 2. The van der Waals surface area contributed by atoms with Gasteiger partial charge in [0.2, 0.25) is 15.9 Å². The molecule has 4 fully saturated rings. The second kappa shape index (κ2) is 14.2. The molecule has 2 aromatic carbocycles. The molecular weight excluding hydrogens is 705 g/mol. The number of methoxy groups -OCH3 is 1. The summed E-state index contributed by atoms with van der Waals surface area (Å²) in [4.78, 5) is 44.9. The Hall–Kier alpha value is -4.06. The molecule has 1 aromatic heterocycles. The SMILES string of the molecule is COc1ccc(-c2c(C3CCCCC3)c3ccc(C(=O)NS(=O)(=O)C(C)C)cc3n2CC2(C(=O)N3CCC4(CCN(C(=O)OC(C)(C)C)C4)C3)CC2)cc1. The number of hydrogen-bond donors (Lipinski definition) is 1. The summed E-state index contributed by atoms with van der Waals surface area (Å²) < 4.78 is 41.2. The highest BCUT2D eigenvalue weighted by molar-refractivity contribution is 7.90. The summed E-state index contributed by atoms with van der Waals surface area (Å²) in [6.45, 7) is 11.6. The van der Waals surface area contributed by atoms with Crippen molar-refractivity contribution in [2.45, 2.75) is 116 Å². The average Bonchev–Trinajstić information content (AvgIpc) is 3.46. The lowest BCUT2D eigenvalue weighted by Gasteiger charge is -2.29. The number of hydrogen-bond acceptors (Lipinski definition) is 7. The number of carbonyl (C=O) groups is 3. The molecule has 0 radical (unpaired) electrons. The van der Waals surface area contributed by atoms with Crippen molar-refractivity contribution in [1.82, 2.24) is 19.1 Å². The third-order valence-corrected chi connectivity index (χ3v) is 13.9. The van der Waals surface area contributed by atoms with Crippen LogP contribution in [-0.2, 0) is 26.1 Å². The van der Waals surface area contributed by atoms with E-state index in [1.54, 1.807) is 31.9 Å². The Morgan fingerprint density at radius 2 is 1.56 bits per heavy atom. The van der Waals surface area contributed by atoms with Crippen molar-refractivity contribution in [3.63, 3.8) is 0 Å². The Labute approximate surface area is 319 Å². The van der Waals surface area contributed by atoms with Crippen molar-refractivity contribution in [1.29, 1.82) is 0 Å². The van der Waals surface area contributed by atoms with Crippen LogP contribution < -0.4 is 9.46 Å². The Kier molecular flexibility index (Phi) is 10.1. The van der Waals surface area contributed by atoms with Gasteiger partial charge >= 0.3 is 6.09 Å². The van der Waals surface area contributed by atoms with Crippen molar-refractivity contribution in [3.05, 3.63) is 53.6 Å². The first-order valence-corrected chi connectivity index (χ1v) is 21.2. The van der Waals surface area contributed by atoms with E-state index in [9.17, 15) is 22.8 Å². The van der Waals surface area contributed by atoms with Crippen LogP contribution in [0.1, 0.15) is 114 Å². The number of aromatic nitrogens is 1. The zero-order chi connectivity index (χ0) is 38.6. The molecule has 2 aliphatic carbocycles. The van der Waals surface area contributed by atoms with Crippen LogP contribution in [0.4, 0.5) is 4.79 Å². The van der Waals surface area contributed by atoms with Gasteiger partial charge in [-0.2, -0.15) is 0 Å². The van der Waals surface area contributed by atoms with E-state index < -0.39 is 32.2 Å². The van der Waals surface area contributed by atoms with Crippen LogP contribution in [-0.4, -0.2) is 84.8 Å². The number of nitrogens with one attached hydrogen (secondary N) is 1. The number of amides is 3. The van der Waals surface area contributed by atoms with Crippen molar-refractivity contribution in [3.8, 4) is 17.0 Å². The van der Waals surface area contributed by atoms with Gasteiger partial charge in [0.1, 0.15) is 11.4 Å². The number of nitrogens with zero attached hydrogens (tertiary/aromatic N) is 3. The lowest BCUT2D eigenvalue weighted by Crippen LogP contribution is -2.41. The first-order valence-electron chi connectivity index (χ1n) is 19.7. The van der Waals surface area contributed by atoms with E-state index >= 15 is 0 Å². The number of likely N-dealkylation sites (tertiary alicyclic amines) is 2. The van der Waals surface area contributed by atoms with Crippen LogP contribution >= 0.6 is 0 Å². The monoisotopic (exact) mass is 760 g/mol. The van der Waals surface area contributed by atoms with Gasteiger partial charge in [-0.25, -0.2) is 17.9 Å². The highest BCUT2D eigenvalue weighted by atomic mass is 32.2. The molecule has 1 N–H and O–H groups in total. The lowest BCUT2D eigenvalue weighted by molar-refractivity contribution is -0.136. The molecule has 2 saturated carbocycles. The predicted octanol–water partition coefficient (Wildman–Crippen LogP) is 7.47. The van der Waals surface area contributed by atoms with E-state index in [4.69, 9.17) is 9.47 Å². The summed E-state index contributed by atoms with van der Waals surface area (Å²) >= 11 is 0. The van der Waals surface area contributed by atoms with Gasteiger partial charge in [0.25, 0.3) is 5.91 Å². The van der Waals surface area contributed by atoms with E-state index in [0.29, 0.717) is 38.6 Å². The van der Waals surface area contributed by atoms with Crippen LogP contribution in [0.15, 0.2) is 42.5 Å². The van der Waals surface area contributed by atoms with E-state index in [2.05, 4.69) is 21.4 Å². The third kappa shape index (κ3) is 7.47. The van der Waals surface area contributed by atoms with Gasteiger partial charge in [0.05, 0.1) is 23.5 Å². The quantitative estimate of drug-likeness (QED) is 0.240. The van der Waals surface area contributed by atoms with Crippen LogP contribution in [0.2, 0.25) is 0 Å². The zero-order valence-electron chi connectivity index (χ0n) is 32.7. The molecule has 3 aromatic rings. The fourth-order valence-electron chi connectivity index (χ4n) is 8.94. The summed E-state index contributed by atoms with van der Waals surface area (Å²) in [7, 11) is -2.19. The second-order valence-electron chi connectivity index (χ2n) is 17.6. The highest BCUT2D eigenvalue weighted by Gasteiger charge is 2.56. The summed E-state index contributed by atoms with van der Waals surface area (Å²) in [6.07, 6.45) is 8.49. The van der Waals surface area contributed by atoms with Crippen LogP contribution in [0, 0.1) is 10.8 Å². The topological polar surface area (TPSA) is 127 Å². The normalized spacial score (nSPS) is 21.6. The van der Waals surface area contributed by atoms with Crippen molar-refractivity contribution < 1.29 is 32.3 Å². The van der Waals surface area contributed by atoms with E-state index in [1.165, 1.54) is 12.0 Å². The zero-order valence-corrected chi connectivity index (χ0v) is 33.5. The summed E-state index contributed by atoms with van der Waals surface area (Å²) in [5.41, 5.74) is 3.07. The second-order valence-corrected chi connectivity index (χ2v) is 19.8. The van der Waals surface area contributed by atoms with Gasteiger partial charge in [-0.3, -0.25) is 9.59 Å². The van der Waals surface area contributed by atoms with Crippen molar-refractivity contribution in [2.24, 2.45) is 10.8 Å². The Morgan fingerprint density at radius 3 is 2.17 bits per heavy atom. The first-order chi connectivity index (χ1) is 25.5. The minimum Gasteiger partial charge on any atom is -0.497 e. The van der Waals surface area contributed by atoms with Gasteiger partial charge in [-0.1, -0.05) is 25.3 Å². The maximum Gasteiger partial charge on any atom is 0.410 e. The molecule has 2 saturated heterocycles. The summed E-state index contributed by atoms with van der Waals surface area (Å²) in [5, 5.41) is 0.274. The molecule has 292 valence electrons. The van der Waals surface area contributed by atoms with E-state index in [1.807, 2.05) is 49.9 Å². The Morgan fingerprint density at radius 1 is 0.907 bits per heavy atom. The average molecular weight is 761 g/mol. The number of carbonyl (C=O) groups excluding carboxylic acids is 3. The van der Waals surface area contributed by atoms with Gasteiger partial charge < -0.3 is 23.8 Å². The minimum atomic E-state index is -3.84.